The smallest absolute Gasteiger partial charge is 0.420 e. The molecule has 5 rings (SSSR count). The van der Waals surface area contributed by atoms with E-state index in [1.165, 1.54) is 49.2 Å². The molecule has 0 aliphatic carbocycles. The number of halogens is 4. The summed E-state index contributed by atoms with van der Waals surface area (Å²) in [5.41, 5.74) is -4.02. The van der Waals surface area contributed by atoms with Crippen molar-refractivity contribution in [1.29, 1.82) is 5.26 Å². The molecular formula is C40H38F4N8O8S. The second-order valence-electron chi connectivity index (χ2n) is 14.3. The fourth-order valence-electron chi connectivity index (χ4n) is 6.76. The van der Waals surface area contributed by atoms with Crippen molar-refractivity contribution >= 4 is 70.6 Å². The summed E-state index contributed by atoms with van der Waals surface area (Å²) in [7, 11) is 0. The van der Waals surface area contributed by atoms with E-state index < -0.39 is 76.5 Å². The van der Waals surface area contributed by atoms with Crippen LogP contribution in [0.25, 0.3) is 0 Å². The third-order valence-corrected chi connectivity index (χ3v) is 10.2. The van der Waals surface area contributed by atoms with Gasteiger partial charge in [0.05, 0.1) is 40.3 Å². The Morgan fingerprint density at radius 3 is 2.34 bits per heavy atom. The zero-order valence-electron chi connectivity index (χ0n) is 32.9. The van der Waals surface area contributed by atoms with Crippen molar-refractivity contribution < 1.29 is 55.9 Å². The van der Waals surface area contributed by atoms with Crippen molar-refractivity contribution in [2.45, 2.75) is 70.6 Å². The van der Waals surface area contributed by atoms with E-state index in [-0.39, 0.29) is 66.7 Å². The first-order valence-corrected chi connectivity index (χ1v) is 19.1. The molecule has 2 aliphatic rings. The fraction of sp³-hybridized carbons (Fsp3) is 0.350. The van der Waals surface area contributed by atoms with Crippen molar-refractivity contribution in [3.8, 4) is 11.8 Å². The van der Waals surface area contributed by atoms with Gasteiger partial charge in [0, 0.05) is 37.7 Å². The molecule has 1 aromatic heterocycles. The van der Waals surface area contributed by atoms with Crippen LogP contribution in [0.5, 0.6) is 5.75 Å². The summed E-state index contributed by atoms with van der Waals surface area (Å²) < 4.78 is 61.9. The molecule has 3 aromatic rings. The molecule has 3 N–H and O–H groups in total. The molecule has 1 saturated heterocycles. The SMILES string of the molecule is CC(CCC(=O)NC=O)N1C(=O)c2cccc(OCC(=O)NCCNC(=O)CCCc3ccc(N4C(=S)N(c5ccc(C#N)c(C(F)(F)F)c5F)C(=O)C4(C)C)cn3)c2C1=O. The number of hydrogen-bond acceptors (Lipinski definition) is 11. The number of amides is 7. The Labute approximate surface area is 351 Å². The number of aryl methyl sites for hydroxylation is 1. The van der Waals surface area contributed by atoms with Gasteiger partial charge in [-0.2, -0.15) is 18.4 Å². The first-order valence-electron chi connectivity index (χ1n) is 18.7. The van der Waals surface area contributed by atoms with Crippen molar-refractivity contribution in [3.05, 3.63) is 82.4 Å². The van der Waals surface area contributed by atoms with E-state index in [1.807, 2.05) is 5.32 Å². The molecule has 1 unspecified atom stereocenters. The number of anilines is 2. The number of alkyl halides is 3. The Kier molecular flexibility index (Phi) is 13.8. The lowest BCUT2D eigenvalue weighted by molar-refractivity contribution is -0.140. The number of pyridine rings is 1. The maximum atomic E-state index is 15.3. The highest BCUT2D eigenvalue weighted by Gasteiger charge is 2.52. The minimum Gasteiger partial charge on any atom is -0.483 e. The number of nitriles is 1. The number of benzene rings is 2. The van der Waals surface area contributed by atoms with Crippen LogP contribution in [-0.4, -0.2) is 88.1 Å². The third kappa shape index (κ3) is 9.64. The molecular weight excluding hydrogens is 829 g/mol. The van der Waals surface area contributed by atoms with Crippen molar-refractivity contribution in [1.82, 2.24) is 25.8 Å². The van der Waals surface area contributed by atoms with Crippen molar-refractivity contribution in [2.24, 2.45) is 0 Å². The van der Waals surface area contributed by atoms with E-state index in [9.17, 15) is 46.7 Å². The maximum absolute atomic E-state index is 15.3. The summed E-state index contributed by atoms with van der Waals surface area (Å²) in [4.78, 5) is 94.1. The predicted octanol–water partition coefficient (Wildman–Crippen LogP) is 3.70. The lowest BCUT2D eigenvalue weighted by Gasteiger charge is -2.29. The molecule has 0 radical (unpaired) electrons. The van der Waals surface area contributed by atoms with Crippen LogP contribution in [0.1, 0.15) is 84.0 Å². The largest absolute Gasteiger partial charge is 0.483 e. The Balaban J connectivity index is 1.06. The van der Waals surface area contributed by atoms with E-state index >= 15 is 4.39 Å². The highest BCUT2D eigenvalue weighted by atomic mass is 32.1. The van der Waals surface area contributed by atoms with Crippen LogP contribution < -0.4 is 30.5 Å². The summed E-state index contributed by atoms with van der Waals surface area (Å²) in [6.45, 7) is 4.17. The fourth-order valence-corrected chi connectivity index (χ4v) is 7.28. The van der Waals surface area contributed by atoms with Gasteiger partial charge in [0.25, 0.3) is 23.6 Å². The van der Waals surface area contributed by atoms with Crippen LogP contribution in [0.3, 0.4) is 0 Å². The summed E-state index contributed by atoms with van der Waals surface area (Å²) in [6, 6.07) is 9.91. The summed E-state index contributed by atoms with van der Waals surface area (Å²) in [5, 5.41) is 16.1. The van der Waals surface area contributed by atoms with Crippen LogP contribution in [0.15, 0.2) is 48.7 Å². The number of nitrogens with one attached hydrogen (secondary N) is 3. The molecule has 61 heavy (non-hydrogen) atoms. The van der Waals surface area contributed by atoms with Gasteiger partial charge in [0.2, 0.25) is 18.2 Å². The van der Waals surface area contributed by atoms with Gasteiger partial charge in [-0.3, -0.25) is 53.7 Å². The van der Waals surface area contributed by atoms with Gasteiger partial charge in [-0.25, -0.2) is 4.39 Å². The zero-order valence-corrected chi connectivity index (χ0v) is 33.7. The molecule has 7 amide bonds. The Morgan fingerprint density at radius 1 is 1.00 bits per heavy atom. The number of imide groups is 2. The molecule has 0 bridgehead atoms. The number of carbonyl (C=O) groups is 7. The average Bonchev–Trinajstić information content (AvgIpc) is 3.57. The van der Waals surface area contributed by atoms with E-state index in [4.69, 9.17) is 22.2 Å². The highest BCUT2D eigenvalue weighted by molar-refractivity contribution is 7.81. The van der Waals surface area contributed by atoms with Gasteiger partial charge >= 0.3 is 6.18 Å². The average molecular weight is 867 g/mol. The molecule has 320 valence electrons. The number of thiocarbonyl (C=S) groups is 1. The number of aromatic nitrogens is 1. The lowest BCUT2D eigenvalue weighted by atomic mass is 10.0. The van der Waals surface area contributed by atoms with Gasteiger partial charge in [0.1, 0.15) is 16.9 Å². The van der Waals surface area contributed by atoms with Crippen LogP contribution >= 0.6 is 12.2 Å². The number of fused-ring (bicyclic) bond motifs is 1. The van der Waals surface area contributed by atoms with Crippen LogP contribution in [0.4, 0.5) is 28.9 Å². The van der Waals surface area contributed by atoms with E-state index in [0.29, 0.717) is 29.1 Å². The first kappa shape index (κ1) is 45.3. The number of ether oxygens (including phenoxy) is 1. The molecule has 16 nitrogen and oxygen atoms in total. The molecule has 2 aliphatic heterocycles. The minimum atomic E-state index is -5.21. The molecule has 0 saturated carbocycles. The van der Waals surface area contributed by atoms with Gasteiger partial charge in [-0.15, -0.1) is 0 Å². The van der Waals surface area contributed by atoms with Gasteiger partial charge in [0.15, 0.2) is 17.5 Å². The predicted molar refractivity (Wildman–Crippen MR) is 211 cm³/mol. The Bertz CT molecular complexity index is 2330. The third-order valence-electron chi connectivity index (χ3n) is 9.82. The van der Waals surface area contributed by atoms with E-state index in [2.05, 4.69) is 15.6 Å². The van der Waals surface area contributed by atoms with Crippen molar-refractivity contribution in [2.75, 3.05) is 29.5 Å². The number of nitrogens with zero attached hydrogens (tertiary/aromatic N) is 5. The Morgan fingerprint density at radius 2 is 1.70 bits per heavy atom. The molecule has 1 fully saturated rings. The topological polar surface area (TPSA) is 211 Å². The second-order valence-corrected chi connectivity index (χ2v) is 14.7. The Hall–Kier alpha value is -6.82. The lowest BCUT2D eigenvalue weighted by Crippen LogP contribution is -2.44. The first-order chi connectivity index (χ1) is 28.8. The highest BCUT2D eigenvalue weighted by Crippen LogP contribution is 2.42. The monoisotopic (exact) mass is 866 g/mol. The molecule has 0 spiro atoms. The minimum absolute atomic E-state index is 0.0158. The normalized spacial score (nSPS) is 15.0. The molecule has 2 aromatic carbocycles. The summed E-state index contributed by atoms with van der Waals surface area (Å²) in [6.07, 6.45) is -2.70. The van der Waals surface area contributed by atoms with Crippen LogP contribution in [-0.2, 0) is 36.6 Å². The quantitative estimate of drug-likeness (QED) is 0.0583. The standard InChI is InChI=1S/C40H38F4N8O8S/c1-22(10-15-30(55)49-21-53)50-35(57)26-7-5-8-28(32(26)36(50)58)60-20-31(56)47-17-16-46-29(54)9-4-6-24-12-13-25(19-48-24)52-38(61)51(37(59)39(52,2)3)27-14-11-23(18-45)33(34(27)41)40(42,43)44/h5,7-8,11-14,19,21-22H,4,6,9-10,15-17,20H2,1-3H3,(H,46,54)(H,47,56)(H,49,53,55). The summed E-state index contributed by atoms with van der Waals surface area (Å²) in [5.74, 6) is -5.24. The van der Waals surface area contributed by atoms with Gasteiger partial charge in [-0.05, 0) is 88.6 Å². The van der Waals surface area contributed by atoms with Gasteiger partial charge < -0.3 is 20.3 Å². The number of rotatable bonds is 17. The summed E-state index contributed by atoms with van der Waals surface area (Å²) >= 11 is 5.46. The van der Waals surface area contributed by atoms with Crippen LogP contribution in [0.2, 0.25) is 0 Å². The number of carbonyl (C=O) groups excluding carboxylic acids is 7. The second kappa shape index (κ2) is 18.6. The number of hydrogen-bond donors (Lipinski definition) is 3. The maximum Gasteiger partial charge on any atom is 0.420 e. The molecule has 1 atom stereocenters. The van der Waals surface area contributed by atoms with Crippen LogP contribution in [0, 0.1) is 17.1 Å². The van der Waals surface area contributed by atoms with Gasteiger partial charge in [-0.1, -0.05) is 6.07 Å². The zero-order chi connectivity index (χ0) is 44.8. The molecule has 21 heteroatoms. The van der Waals surface area contributed by atoms with E-state index in [1.54, 1.807) is 19.1 Å². The molecule has 3 heterocycles. The van der Waals surface area contributed by atoms with Crippen molar-refractivity contribution in [3.63, 3.8) is 0 Å². The van der Waals surface area contributed by atoms with E-state index in [0.717, 1.165) is 17.0 Å².